The predicted molar refractivity (Wildman–Crippen MR) is 90.7 cm³/mol. The Hall–Kier alpha value is -1.32. The van der Waals surface area contributed by atoms with Gasteiger partial charge >= 0.3 is 0 Å². The van der Waals surface area contributed by atoms with Crippen molar-refractivity contribution in [1.82, 2.24) is 10.2 Å². The summed E-state index contributed by atoms with van der Waals surface area (Å²) in [6.45, 7) is 5.87. The minimum Gasteiger partial charge on any atom is -0.350 e. The summed E-state index contributed by atoms with van der Waals surface area (Å²) in [5.74, 6) is 1.93. The Bertz CT molecular complexity index is 500. The zero-order chi connectivity index (χ0) is 16.4. The van der Waals surface area contributed by atoms with Gasteiger partial charge in [0.25, 0.3) is 0 Å². The molecule has 4 atom stereocenters. The fourth-order valence-electron chi connectivity index (χ4n) is 4.22. The van der Waals surface area contributed by atoms with Crippen molar-refractivity contribution in [3.8, 4) is 0 Å². The van der Waals surface area contributed by atoms with Gasteiger partial charge in [-0.2, -0.15) is 0 Å². The Kier molecular flexibility index (Phi) is 5.08. The van der Waals surface area contributed by atoms with Crippen LogP contribution in [0.5, 0.6) is 0 Å². The maximum absolute atomic E-state index is 12.5. The van der Waals surface area contributed by atoms with Gasteiger partial charge in [-0.15, -0.1) is 0 Å². The summed E-state index contributed by atoms with van der Waals surface area (Å²) >= 11 is 0. The molecule has 3 rings (SSSR count). The molecule has 0 aromatic rings. The van der Waals surface area contributed by atoms with Crippen LogP contribution in [0.3, 0.4) is 0 Å². The first-order valence-corrected chi connectivity index (χ1v) is 9.36. The normalized spacial score (nSPS) is 34.9. The number of hydrogen-bond acceptors (Lipinski definition) is 2. The summed E-state index contributed by atoms with van der Waals surface area (Å²) in [4.78, 5) is 26.7. The zero-order valence-electron chi connectivity index (χ0n) is 14.5. The molecule has 23 heavy (non-hydrogen) atoms. The van der Waals surface area contributed by atoms with E-state index >= 15 is 0 Å². The van der Waals surface area contributed by atoms with E-state index in [1.54, 1.807) is 6.08 Å². The number of rotatable bonds is 5. The van der Waals surface area contributed by atoms with Crippen LogP contribution in [0, 0.1) is 17.8 Å². The van der Waals surface area contributed by atoms with E-state index in [0.717, 1.165) is 45.1 Å². The van der Waals surface area contributed by atoms with Gasteiger partial charge in [-0.05, 0) is 50.4 Å². The van der Waals surface area contributed by atoms with Crippen molar-refractivity contribution in [3.05, 3.63) is 11.6 Å². The van der Waals surface area contributed by atoms with Gasteiger partial charge in [-0.3, -0.25) is 9.59 Å². The Morgan fingerprint density at radius 1 is 1.35 bits per heavy atom. The van der Waals surface area contributed by atoms with Crippen LogP contribution in [0.4, 0.5) is 0 Å². The molecule has 1 saturated heterocycles. The third kappa shape index (κ3) is 3.96. The second-order valence-corrected chi connectivity index (χ2v) is 7.73. The van der Waals surface area contributed by atoms with Crippen molar-refractivity contribution >= 4 is 11.8 Å². The molecule has 0 spiro atoms. The first-order valence-electron chi connectivity index (χ1n) is 9.36. The molecule has 1 unspecified atom stereocenters. The highest BCUT2D eigenvalue weighted by Gasteiger charge is 2.45. The number of carbonyl (C=O) groups is 2. The maximum atomic E-state index is 12.5. The van der Waals surface area contributed by atoms with Gasteiger partial charge in [0.05, 0.1) is 0 Å². The first kappa shape index (κ1) is 16.5. The smallest absolute Gasteiger partial charge is 0.244 e. The molecule has 2 amide bonds. The molecule has 2 aliphatic carbocycles. The monoisotopic (exact) mass is 318 g/mol. The maximum Gasteiger partial charge on any atom is 0.244 e. The average molecular weight is 318 g/mol. The summed E-state index contributed by atoms with van der Waals surface area (Å²) in [5.41, 5.74) is 1.28. The highest BCUT2D eigenvalue weighted by atomic mass is 16.2. The molecule has 0 bridgehead atoms. The Labute approximate surface area is 139 Å². The highest BCUT2D eigenvalue weighted by Crippen LogP contribution is 2.43. The molecule has 1 N–H and O–H groups in total. The molecule has 4 nitrogen and oxygen atoms in total. The van der Waals surface area contributed by atoms with Crippen molar-refractivity contribution < 1.29 is 9.59 Å². The van der Waals surface area contributed by atoms with E-state index in [4.69, 9.17) is 0 Å². The second-order valence-electron chi connectivity index (χ2n) is 7.73. The van der Waals surface area contributed by atoms with Crippen molar-refractivity contribution in [1.29, 1.82) is 0 Å². The van der Waals surface area contributed by atoms with Crippen LogP contribution in [-0.2, 0) is 9.59 Å². The van der Waals surface area contributed by atoms with E-state index in [1.165, 1.54) is 12.0 Å². The van der Waals surface area contributed by atoms with Crippen molar-refractivity contribution in [2.24, 2.45) is 17.8 Å². The van der Waals surface area contributed by atoms with Gasteiger partial charge in [-0.1, -0.05) is 25.8 Å². The van der Waals surface area contributed by atoms with Gasteiger partial charge in [0.2, 0.25) is 11.8 Å². The van der Waals surface area contributed by atoms with E-state index in [-0.39, 0.29) is 17.9 Å². The average Bonchev–Trinajstić information content (AvgIpc) is 2.98. The van der Waals surface area contributed by atoms with Crippen LogP contribution in [0.25, 0.3) is 0 Å². The third-order valence-electron chi connectivity index (χ3n) is 5.84. The number of likely N-dealkylation sites (tertiary alicyclic amines) is 1. The van der Waals surface area contributed by atoms with Crippen molar-refractivity contribution in [2.75, 3.05) is 13.1 Å². The van der Waals surface area contributed by atoms with E-state index in [2.05, 4.69) is 19.2 Å². The molecule has 1 aliphatic heterocycles. The minimum atomic E-state index is 0.0197. The fourth-order valence-corrected chi connectivity index (χ4v) is 4.22. The SMILES string of the molecule is CC[C@@H]1C[C@H]1C(=O)N1CCC[C@@H]1CNC(=O)/C=C1/CCC(C)C1. The Balaban J connectivity index is 1.47. The Morgan fingerprint density at radius 2 is 2.17 bits per heavy atom. The summed E-state index contributed by atoms with van der Waals surface area (Å²) in [6.07, 6.45) is 9.36. The lowest BCUT2D eigenvalue weighted by atomic mass is 10.1. The zero-order valence-corrected chi connectivity index (χ0v) is 14.5. The van der Waals surface area contributed by atoms with Crippen LogP contribution < -0.4 is 5.32 Å². The Morgan fingerprint density at radius 3 is 2.83 bits per heavy atom. The standard InChI is InChI=1S/C19H30N2O2/c1-3-15-11-17(15)19(23)21-8-4-5-16(21)12-20-18(22)10-14-7-6-13(2)9-14/h10,13,15-17H,3-9,11-12H2,1-2H3,(H,20,22)/b14-10-/t13?,15-,16-,17-/m1/s1. The molecular formula is C19H30N2O2. The van der Waals surface area contributed by atoms with Gasteiger partial charge in [-0.25, -0.2) is 0 Å². The largest absolute Gasteiger partial charge is 0.350 e. The molecular weight excluding hydrogens is 288 g/mol. The summed E-state index contributed by atoms with van der Waals surface area (Å²) in [7, 11) is 0. The van der Waals surface area contributed by atoms with Crippen LogP contribution in [0.1, 0.15) is 58.8 Å². The molecule has 0 aromatic carbocycles. The van der Waals surface area contributed by atoms with Crippen LogP contribution in [-0.4, -0.2) is 35.8 Å². The number of nitrogens with one attached hydrogen (secondary N) is 1. The topological polar surface area (TPSA) is 49.4 Å². The third-order valence-corrected chi connectivity index (χ3v) is 5.84. The molecule has 1 heterocycles. The van der Waals surface area contributed by atoms with Crippen LogP contribution in [0.15, 0.2) is 11.6 Å². The molecule has 0 radical (unpaired) electrons. The van der Waals surface area contributed by atoms with E-state index in [9.17, 15) is 9.59 Å². The lowest BCUT2D eigenvalue weighted by molar-refractivity contribution is -0.134. The number of nitrogens with zero attached hydrogens (tertiary/aromatic N) is 1. The quantitative estimate of drug-likeness (QED) is 0.792. The number of hydrogen-bond donors (Lipinski definition) is 1. The van der Waals surface area contributed by atoms with Crippen LogP contribution in [0.2, 0.25) is 0 Å². The van der Waals surface area contributed by atoms with Gasteiger partial charge in [0.15, 0.2) is 0 Å². The van der Waals surface area contributed by atoms with E-state index in [1.807, 2.05) is 4.90 Å². The summed E-state index contributed by atoms with van der Waals surface area (Å²) < 4.78 is 0. The fraction of sp³-hybridized carbons (Fsp3) is 0.789. The molecule has 3 aliphatic rings. The lowest BCUT2D eigenvalue weighted by Crippen LogP contribution is -2.43. The van der Waals surface area contributed by atoms with Gasteiger partial charge < -0.3 is 10.2 Å². The number of carbonyl (C=O) groups excluding carboxylic acids is 2. The van der Waals surface area contributed by atoms with E-state index in [0.29, 0.717) is 24.3 Å². The first-order chi connectivity index (χ1) is 11.1. The van der Waals surface area contributed by atoms with Crippen molar-refractivity contribution in [3.63, 3.8) is 0 Å². The number of amides is 2. The summed E-state index contributed by atoms with van der Waals surface area (Å²) in [5, 5.41) is 3.03. The highest BCUT2D eigenvalue weighted by molar-refractivity contribution is 5.88. The summed E-state index contributed by atoms with van der Waals surface area (Å²) in [6, 6.07) is 0.199. The minimum absolute atomic E-state index is 0.0197. The molecule has 2 saturated carbocycles. The molecule has 128 valence electrons. The molecule has 3 fully saturated rings. The van der Waals surface area contributed by atoms with Gasteiger partial charge in [0, 0.05) is 31.1 Å². The van der Waals surface area contributed by atoms with Gasteiger partial charge in [0.1, 0.15) is 0 Å². The predicted octanol–water partition coefficient (Wildman–Crippen LogP) is 2.89. The van der Waals surface area contributed by atoms with E-state index < -0.39 is 0 Å². The van der Waals surface area contributed by atoms with Crippen molar-refractivity contribution in [2.45, 2.75) is 64.8 Å². The second kappa shape index (κ2) is 7.06. The van der Waals surface area contributed by atoms with Crippen LogP contribution >= 0.6 is 0 Å². The number of allylic oxidation sites excluding steroid dienone is 1. The molecule has 4 heteroatoms. The lowest BCUT2D eigenvalue weighted by Gasteiger charge is -2.25. The molecule has 0 aromatic heterocycles.